The third-order valence-electron chi connectivity index (χ3n) is 3.02. The van der Waals surface area contributed by atoms with Crippen LogP contribution in [0.1, 0.15) is 11.4 Å². The molecule has 0 bridgehead atoms. The summed E-state index contributed by atoms with van der Waals surface area (Å²) >= 11 is 7.10. The Morgan fingerprint density at radius 3 is 3.00 bits per heavy atom. The normalized spacial score (nSPS) is 11.0. The Balaban J connectivity index is 1.87. The Morgan fingerprint density at radius 1 is 1.43 bits per heavy atom. The summed E-state index contributed by atoms with van der Waals surface area (Å²) in [7, 11) is 0. The van der Waals surface area contributed by atoms with Crippen molar-refractivity contribution in [2.24, 2.45) is 0 Å². The minimum absolute atomic E-state index is 0.132. The summed E-state index contributed by atoms with van der Waals surface area (Å²) in [5, 5.41) is 5.13. The molecule has 4 nitrogen and oxygen atoms in total. The Kier molecular flexibility index (Phi) is 3.65. The minimum Gasteiger partial charge on any atom is -0.377 e. The number of fused-ring (bicyclic) bond motifs is 1. The van der Waals surface area contributed by atoms with Crippen LogP contribution in [0.15, 0.2) is 34.4 Å². The summed E-state index contributed by atoms with van der Waals surface area (Å²) in [6, 6.07) is 5.84. The summed E-state index contributed by atoms with van der Waals surface area (Å²) in [4.78, 5) is 17.0. The monoisotopic (exact) mass is 323 g/mol. The molecular weight excluding hydrogens is 313 g/mol. The van der Waals surface area contributed by atoms with Gasteiger partial charge in [-0.2, -0.15) is 0 Å². The van der Waals surface area contributed by atoms with Crippen LogP contribution < -0.4 is 10.9 Å². The van der Waals surface area contributed by atoms with Crippen molar-refractivity contribution in [3.05, 3.63) is 62.2 Å². The highest BCUT2D eigenvalue weighted by atomic mass is 35.5. The van der Waals surface area contributed by atoms with Crippen molar-refractivity contribution in [3.8, 4) is 0 Å². The second kappa shape index (κ2) is 5.46. The van der Waals surface area contributed by atoms with Gasteiger partial charge in [-0.15, -0.1) is 11.3 Å². The van der Waals surface area contributed by atoms with Crippen LogP contribution in [-0.4, -0.2) is 9.38 Å². The highest BCUT2D eigenvalue weighted by molar-refractivity contribution is 7.15. The molecule has 3 aromatic rings. The van der Waals surface area contributed by atoms with Gasteiger partial charge in [-0.25, -0.2) is 9.37 Å². The number of rotatable bonds is 3. The van der Waals surface area contributed by atoms with Crippen LogP contribution in [0.2, 0.25) is 5.02 Å². The van der Waals surface area contributed by atoms with Crippen molar-refractivity contribution in [1.82, 2.24) is 9.38 Å². The number of anilines is 1. The van der Waals surface area contributed by atoms with Crippen molar-refractivity contribution < 1.29 is 4.39 Å². The zero-order valence-electron chi connectivity index (χ0n) is 11.1. The SMILES string of the molecule is Cc1csc2nc(CNc3ccc(Cl)cc3F)cc(=O)n12. The van der Waals surface area contributed by atoms with E-state index in [4.69, 9.17) is 11.6 Å². The topological polar surface area (TPSA) is 46.4 Å². The molecule has 0 aliphatic rings. The number of hydrogen-bond acceptors (Lipinski definition) is 4. The lowest BCUT2D eigenvalue weighted by Crippen LogP contribution is -2.16. The van der Waals surface area contributed by atoms with E-state index in [9.17, 15) is 9.18 Å². The molecule has 2 heterocycles. The van der Waals surface area contributed by atoms with E-state index in [1.54, 1.807) is 16.5 Å². The summed E-state index contributed by atoms with van der Waals surface area (Å²) in [6.45, 7) is 2.12. The number of nitrogens with zero attached hydrogens (tertiary/aromatic N) is 2. The molecule has 2 aromatic heterocycles. The predicted octanol–water partition coefficient (Wildman–Crippen LogP) is 3.47. The Morgan fingerprint density at radius 2 is 2.24 bits per heavy atom. The number of benzene rings is 1. The fourth-order valence-electron chi connectivity index (χ4n) is 2.01. The Bertz CT molecular complexity index is 874. The Hall–Kier alpha value is -1.92. The lowest BCUT2D eigenvalue weighted by atomic mass is 10.3. The molecule has 0 aliphatic heterocycles. The highest BCUT2D eigenvalue weighted by Gasteiger charge is 2.07. The van der Waals surface area contributed by atoms with Crippen LogP contribution >= 0.6 is 22.9 Å². The summed E-state index contributed by atoms with van der Waals surface area (Å²) < 4.78 is 15.2. The summed E-state index contributed by atoms with van der Waals surface area (Å²) in [6.07, 6.45) is 0. The smallest absolute Gasteiger partial charge is 0.259 e. The lowest BCUT2D eigenvalue weighted by molar-refractivity contribution is 0.630. The minimum atomic E-state index is -0.438. The van der Waals surface area contributed by atoms with E-state index in [-0.39, 0.29) is 12.1 Å². The van der Waals surface area contributed by atoms with E-state index in [2.05, 4.69) is 10.3 Å². The molecule has 0 fully saturated rings. The average molecular weight is 324 g/mol. The van der Waals surface area contributed by atoms with Gasteiger partial charge in [0, 0.05) is 22.2 Å². The summed E-state index contributed by atoms with van der Waals surface area (Å²) in [5.74, 6) is -0.438. The van der Waals surface area contributed by atoms with Gasteiger partial charge in [-0.3, -0.25) is 9.20 Å². The maximum absolute atomic E-state index is 13.7. The first-order valence-corrected chi connectivity index (χ1v) is 7.46. The van der Waals surface area contributed by atoms with Gasteiger partial charge >= 0.3 is 0 Å². The van der Waals surface area contributed by atoms with Gasteiger partial charge in [0.25, 0.3) is 5.56 Å². The van der Waals surface area contributed by atoms with Crippen molar-refractivity contribution >= 4 is 33.6 Å². The molecule has 0 aliphatic carbocycles. The zero-order chi connectivity index (χ0) is 15.0. The number of aromatic nitrogens is 2. The molecule has 0 saturated heterocycles. The number of aryl methyl sites for hydroxylation is 1. The van der Waals surface area contributed by atoms with E-state index in [1.807, 2.05) is 12.3 Å². The van der Waals surface area contributed by atoms with Crippen molar-refractivity contribution in [2.75, 3.05) is 5.32 Å². The quantitative estimate of drug-likeness (QED) is 0.803. The second-order valence-electron chi connectivity index (χ2n) is 4.56. The molecule has 0 radical (unpaired) electrons. The third kappa shape index (κ3) is 2.77. The van der Waals surface area contributed by atoms with Crippen LogP contribution in [-0.2, 0) is 6.54 Å². The molecule has 0 atom stereocenters. The molecule has 0 unspecified atom stereocenters. The molecule has 21 heavy (non-hydrogen) atoms. The predicted molar refractivity (Wildman–Crippen MR) is 82.8 cm³/mol. The molecule has 1 aromatic carbocycles. The van der Waals surface area contributed by atoms with E-state index < -0.39 is 5.82 Å². The van der Waals surface area contributed by atoms with Gasteiger partial charge in [0.1, 0.15) is 5.82 Å². The molecule has 3 rings (SSSR count). The molecule has 0 spiro atoms. The van der Waals surface area contributed by atoms with Gasteiger partial charge < -0.3 is 5.32 Å². The first-order valence-electron chi connectivity index (χ1n) is 6.20. The summed E-state index contributed by atoms with van der Waals surface area (Å²) in [5.41, 5.74) is 1.61. The largest absolute Gasteiger partial charge is 0.377 e. The number of hydrogen-bond donors (Lipinski definition) is 1. The van der Waals surface area contributed by atoms with Crippen LogP contribution in [0, 0.1) is 12.7 Å². The molecule has 0 amide bonds. The second-order valence-corrected chi connectivity index (χ2v) is 5.83. The van der Waals surface area contributed by atoms with Crippen LogP contribution in [0.25, 0.3) is 4.96 Å². The van der Waals surface area contributed by atoms with Gasteiger partial charge in [-0.1, -0.05) is 11.6 Å². The lowest BCUT2D eigenvalue weighted by Gasteiger charge is -2.07. The number of thiazole rings is 1. The van der Waals surface area contributed by atoms with Crippen LogP contribution in [0.4, 0.5) is 10.1 Å². The maximum atomic E-state index is 13.7. The first kappa shape index (κ1) is 14.0. The van der Waals surface area contributed by atoms with E-state index >= 15 is 0 Å². The van der Waals surface area contributed by atoms with Crippen molar-refractivity contribution in [1.29, 1.82) is 0 Å². The fourth-order valence-corrected chi connectivity index (χ4v) is 3.06. The molecule has 1 N–H and O–H groups in total. The molecular formula is C14H11ClFN3OS. The molecule has 7 heteroatoms. The van der Waals surface area contributed by atoms with E-state index in [0.29, 0.717) is 21.4 Å². The van der Waals surface area contributed by atoms with Gasteiger partial charge in [-0.05, 0) is 25.1 Å². The van der Waals surface area contributed by atoms with Gasteiger partial charge in [0.15, 0.2) is 4.96 Å². The van der Waals surface area contributed by atoms with Crippen molar-refractivity contribution in [2.45, 2.75) is 13.5 Å². The highest BCUT2D eigenvalue weighted by Crippen LogP contribution is 2.19. The van der Waals surface area contributed by atoms with Gasteiger partial charge in [0.05, 0.1) is 17.9 Å². The third-order valence-corrected chi connectivity index (χ3v) is 4.20. The standard InChI is InChI=1S/C14H11ClFN3OS/c1-8-7-21-14-18-10(5-13(20)19(8)14)6-17-12-3-2-9(15)4-11(12)16/h2-5,7,17H,6H2,1H3. The maximum Gasteiger partial charge on any atom is 0.259 e. The molecule has 0 saturated carbocycles. The van der Waals surface area contributed by atoms with E-state index in [0.717, 1.165) is 5.69 Å². The number of nitrogens with one attached hydrogen (secondary N) is 1. The Labute approximate surface area is 128 Å². The average Bonchev–Trinajstić information content (AvgIpc) is 2.80. The van der Waals surface area contributed by atoms with Crippen LogP contribution in [0.3, 0.4) is 0 Å². The van der Waals surface area contributed by atoms with Crippen molar-refractivity contribution in [3.63, 3.8) is 0 Å². The first-order chi connectivity index (χ1) is 10.0. The van der Waals surface area contributed by atoms with Crippen LogP contribution in [0.5, 0.6) is 0 Å². The zero-order valence-corrected chi connectivity index (χ0v) is 12.6. The van der Waals surface area contributed by atoms with E-state index in [1.165, 1.54) is 23.5 Å². The molecule has 108 valence electrons. The van der Waals surface area contributed by atoms with Gasteiger partial charge in [0.2, 0.25) is 0 Å². The number of halogens is 2. The fraction of sp³-hybridized carbons (Fsp3) is 0.143.